The number of fused-ring (bicyclic) bond motifs is 1. The minimum Gasteiger partial charge on any atom is -0.435 e. The van der Waals surface area contributed by atoms with Gasteiger partial charge in [0.2, 0.25) is 23.8 Å². The lowest BCUT2D eigenvalue weighted by molar-refractivity contribution is -0.171. The van der Waals surface area contributed by atoms with Crippen molar-refractivity contribution in [2.24, 2.45) is 0 Å². The van der Waals surface area contributed by atoms with E-state index in [9.17, 15) is 24.4 Å². The third-order valence-corrected chi connectivity index (χ3v) is 13.8. The summed E-state index contributed by atoms with van der Waals surface area (Å²) in [5.74, 6) is -2.06. The first-order chi connectivity index (χ1) is 24.2. The molecule has 0 radical (unpaired) electrons. The number of nitrogens with one attached hydrogen (secondary N) is 1. The fraction of sp³-hybridized carbons (Fsp3) is 0.686. The molecule has 0 fully saturated rings. The van der Waals surface area contributed by atoms with Crippen LogP contribution in [0, 0.1) is 0 Å². The SMILES string of the molecule is CCCC(=O)OC(CC)OP(=O)(O)C1(P(=O)(OC(CC)OC(=O)CCC)OC(CC)OC(=O)CCC)C(C(O)CCC)=Cc2c(NC)cccc21. The Balaban J connectivity index is 3.12. The second-order valence-corrected chi connectivity index (χ2v) is 16.5. The molecule has 0 saturated carbocycles. The van der Waals surface area contributed by atoms with Crippen LogP contribution in [0.1, 0.15) is 130 Å². The lowest BCUT2D eigenvalue weighted by atomic mass is 10.0. The highest BCUT2D eigenvalue weighted by Gasteiger charge is 2.72. The number of carbonyl (C=O) groups excluding carboxylic acids is 3. The first-order valence-corrected chi connectivity index (χ1v) is 21.1. The Morgan fingerprint density at radius 1 is 0.745 bits per heavy atom. The molecular formula is C35H57NO13P2. The van der Waals surface area contributed by atoms with Gasteiger partial charge in [0.25, 0.3) is 0 Å². The van der Waals surface area contributed by atoms with Crippen molar-refractivity contribution in [2.75, 3.05) is 12.4 Å². The second kappa shape index (κ2) is 20.6. The summed E-state index contributed by atoms with van der Waals surface area (Å²) in [6.45, 7) is 11.8. The normalized spacial score (nSPS) is 20.1. The average Bonchev–Trinajstić information content (AvgIpc) is 3.46. The topological polar surface area (TPSA) is 193 Å². The first-order valence-electron chi connectivity index (χ1n) is 18.0. The van der Waals surface area contributed by atoms with Gasteiger partial charge >= 0.3 is 33.1 Å². The minimum atomic E-state index is -5.59. The number of anilines is 1. The number of hydrogen-bond acceptors (Lipinski definition) is 13. The van der Waals surface area contributed by atoms with Gasteiger partial charge in [-0.05, 0) is 49.0 Å². The van der Waals surface area contributed by atoms with Gasteiger partial charge in [0.1, 0.15) is 0 Å². The number of esters is 3. The Hall–Kier alpha value is -2.57. The zero-order valence-electron chi connectivity index (χ0n) is 31.2. The van der Waals surface area contributed by atoms with Crippen LogP contribution in [-0.2, 0) is 56.2 Å². The fourth-order valence-corrected chi connectivity index (χ4v) is 11.4. The molecule has 0 aromatic heterocycles. The molecule has 0 amide bonds. The number of rotatable bonds is 24. The van der Waals surface area contributed by atoms with Crippen molar-refractivity contribution in [3.05, 3.63) is 34.9 Å². The van der Waals surface area contributed by atoms with Crippen LogP contribution in [0.5, 0.6) is 0 Å². The molecule has 0 bridgehead atoms. The molecule has 2 rings (SSSR count). The largest absolute Gasteiger partial charge is 0.435 e. The zero-order valence-corrected chi connectivity index (χ0v) is 33.0. The van der Waals surface area contributed by atoms with Crippen molar-refractivity contribution in [3.8, 4) is 0 Å². The molecule has 0 saturated heterocycles. The smallest absolute Gasteiger partial charge is 0.363 e. The Bertz CT molecular complexity index is 1420. The maximum atomic E-state index is 16.2. The average molecular weight is 762 g/mol. The molecule has 51 heavy (non-hydrogen) atoms. The maximum absolute atomic E-state index is 16.2. The molecule has 6 atom stereocenters. The summed E-state index contributed by atoms with van der Waals surface area (Å²) < 4.78 is 66.3. The molecule has 14 nitrogen and oxygen atoms in total. The molecule has 1 aromatic carbocycles. The lowest BCUT2D eigenvalue weighted by Crippen LogP contribution is -2.39. The highest BCUT2D eigenvalue weighted by Crippen LogP contribution is 2.86. The van der Waals surface area contributed by atoms with Crippen LogP contribution in [0.15, 0.2) is 23.8 Å². The molecule has 0 aliphatic heterocycles. The van der Waals surface area contributed by atoms with Crippen LogP contribution in [0.2, 0.25) is 0 Å². The summed E-state index contributed by atoms with van der Waals surface area (Å²) in [5, 5.41) is 14.8. The first kappa shape index (κ1) is 44.6. The van der Waals surface area contributed by atoms with E-state index in [4.69, 9.17) is 27.8 Å². The van der Waals surface area contributed by atoms with Crippen LogP contribution in [0.4, 0.5) is 5.69 Å². The van der Waals surface area contributed by atoms with E-state index < -0.39 is 63.0 Å². The Morgan fingerprint density at radius 3 is 1.59 bits per heavy atom. The quantitative estimate of drug-likeness (QED) is 0.0396. The molecule has 290 valence electrons. The van der Waals surface area contributed by atoms with Crippen molar-refractivity contribution in [1.29, 1.82) is 0 Å². The third kappa shape index (κ3) is 10.5. The predicted octanol–water partition coefficient (Wildman–Crippen LogP) is 8.11. The van der Waals surface area contributed by atoms with Gasteiger partial charge in [0, 0.05) is 56.8 Å². The van der Waals surface area contributed by atoms with Crippen LogP contribution >= 0.6 is 15.2 Å². The van der Waals surface area contributed by atoms with Crippen molar-refractivity contribution in [1.82, 2.24) is 0 Å². The van der Waals surface area contributed by atoms with Gasteiger partial charge in [-0.2, -0.15) is 0 Å². The van der Waals surface area contributed by atoms with E-state index in [2.05, 4.69) is 5.32 Å². The van der Waals surface area contributed by atoms with Crippen molar-refractivity contribution in [2.45, 2.75) is 149 Å². The van der Waals surface area contributed by atoms with Gasteiger partial charge in [-0.25, -0.2) is 0 Å². The van der Waals surface area contributed by atoms with E-state index in [0.717, 1.165) is 0 Å². The van der Waals surface area contributed by atoms with Crippen LogP contribution in [0.3, 0.4) is 0 Å². The molecule has 16 heteroatoms. The van der Waals surface area contributed by atoms with E-state index in [1.165, 1.54) is 12.1 Å². The van der Waals surface area contributed by atoms with Crippen LogP contribution in [0.25, 0.3) is 6.08 Å². The highest BCUT2D eigenvalue weighted by molar-refractivity contribution is 7.73. The van der Waals surface area contributed by atoms with Crippen LogP contribution < -0.4 is 5.32 Å². The predicted molar refractivity (Wildman–Crippen MR) is 192 cm³/mol. The van der Waals surface area contributed by atoms with Gasteiger partial charge in [-0.15, -0.1) is 0 Å². The van der Waals surface area contributed by atoms with E-state index in [1.54, 1.807) is 67.6 Å². The van der Waals surface area contributed by atoms with Gasteiger partial charge in [-0.3, -0.25) is 37.1 Å². The Kier molecular flexibility index (Phi) is 18.0. The molecule has 1 aliphatic carbocycles. The number of hydrogen-bond donors (Lipinski definition) is 3. The van der Waals surface area contributed by atoms with E-state index in [1.807, 2.05) is 0 Å². The van der Waals surface area contributed by atoms with Gasteiger partial charge in [0.05, 0.1) is 6.10 Å². The maximum Gasteiger partial charge on any atom is 0.363 e. The Labute approximate surface area is 302 Å². The monoisotopic (exact) mass is 761 g/mol. The molecule has 1 aromatic rings. The number of carbonyl (C=O) groups is 3. The number of aliphatic hydroxyl groups is 1. The number of ether oxygens (including phenoxy) is 3. The molecule has 3 N–H and O–H groups in total. The summed E-state index contributed by atoms with van der Waals surface area (Å²) in [5.41, 5.74) is 0.396. The van der Waals surface area contributed by atoms with Crippen LogP contribution in [-0.4, -0.2) is 59.9 Å². The molecule has 6 unspecified atom stereocenters. The summed E-state index contributed by atoms with van der Waals surface area (Å²) in [6, 6.07) is 4.65. The molecule has 0 heterocycles. The van der Waals surface area contributed by atoms with Crippen molar-refractivity contribution >= 4 is 44.9 Å². The molecule has 0 spiro atoms. The summed E-state index contributed by atoms with van der Waals surface area (Å²) >= 11 is 0. The second-order valence-electron chi connectivity index (χ2n) is 12.2. The van der Waals surface area contributed by atoms with E-state index >= 15 is 9.13 Å². The Morgan fingerprint density at radius 2 is 1.20 bits per heavy atom. The van der Waals surface area contributed by atoms with E-state index in [0.29, 0.717) is 31.4 Å². The van der Waals surface area contributed by atoms with Gasteiger partial charge in [-0.1, -0.05) is 67.0 Å². The number of benzene rings is 1. The summed E-state index contributed by atoms with van der Waals surface area (Å²) in [7, 11) is -9.39. The number of aliphatic hydroxyl groups excluding tert-OH is 1. The summed E-state index contributed by atoms with van der Waals surface area (Å²) in [6.07, 6.45) is -3.31. The van der Waals surface area contributed by atoms with Gasteiger partial charge < -0.3 is 29.5 Å². The van der Waals surface area contributed by atoms with E-state index in [-0.39, 0.29) is 61.6 Å². The standard InChI is InChI=1S/C35H57NO13P2/c1-9-17-28(37)26-23-24-25(21-16-22-27(24)36-8)35(26,50(41,42)47-32(13-5)44-29(38)18-10-2)51(43,48-33(14-6)45-30(39)19-11-3)49-34(15-7)46-31(40)20-12-4/h16,21-23,28,32-34,36-37H,9-15,17-20H2,1-8H3,(H,41,42). The molecular weight excluding hydrogens is 704 g/mol. The highest BCUT2D eigenvalue weighted by atomic mass is 31.2. The minimum absolute atomic E-state index is 0.0000184. The fourth-order valence-electron chi connectivity index (χ4n) is 5.68. The van der Waals surface area contributed by atoms with Gasteiger partial charge in [0.15, 0.2) is 0 Å². The lowest BCUT2D eigenvalue weighted by Gasteiger charge is -2.44. The third-order valence-electron chi connectivity index (χ3n) is 8.10. The van der Waals surface area contributed by atoms with Crippen molar-refractivity contribution < 1.29 is 61.3 Å². The molecule has 1 aliphatic rings. The summed E-state index contributed by atoms with van der Waals surface area (Å²) in [4.78, 5) is 47.7. The zero-order chi connectivity index (χ0) is 38.4. The van der Waals surface area contributed by atoms with Crippen molar-refractivity contribution in [3.63, 3.8) is 0 Å².